The van der Waals surface area contributed by atoms with Crippen molar-refractivity contribution in [3.8, 4) is 17.5 Å². The Morgan fingerprint density at radius 1 is 1.00 bits per heavy atom. The second-order valence-corrected chi connectivity index (χ2v) is 9.95. The van der Waals surface area contributed by atoms with Crippen LogP contribution in [-0.4, -0.2) is 71.4 Å². The molecule has 0 bridgehead atoms. The van der Waals surface area contributed by atoms with Gasteiger partial charge in [-0.15, -0.1) is 0 Å². The van der Waals surface area contributed by atoms with Gasteiger partial charge in [0, 0.05) is 13.1 Å². The van der Waals surface area contributed by atoms with Crippen molar-refractivity contribution in [3.63, 3.8) is 0 Å². The van der Waals surface area contributed by atoms with Gasteiger partial charge in [0.25, 0.3) is 0 Å². The van der Waals surface area contributed by atoms with E-state index in [0.29, 0.717) is 55.5 Å². The highest BCUT2D eigenvalue weighted by atomic mass is 16.5. The number of aromatic amines is 1. The Labute approximate surface area is 244 Å². The number of hydrogen-bond donors (Lipinski definition) is 2. The lowest BCUT2D eigenvalue weighted by atomic mass is 10.1. The summed E-state index contributed by atoms with van der Waals surface area (Å²) in [5, 5.41) is 0. The second-order valence-electron chi connectivity index (χ2n) is 9.95. The van der Waals surface area contributed by atoms with E-state index in [0.717, 1.165) is 29.5 Å². The van der Waals surface area contributed by atoms with Crippen molar-refractivity contribution in [2.75, 3.05) is 46.8 Å². The molecule has 12 heteroatoms. The molecule has 0 amide bonds. The van der Waals surface area contributed by atoms with Gasteiger partial charge in [0.05, 0.1) is 33.8 Å². The normalized spacial score (nSPS) is 11.2. The maximum absolute atomic E-state index is 12.7. The number of methoxy groups -OCH3 is 2. The number of hydrogen-bond acceptors (Lipinski definition) is 10. The number of nitrogens with one attached hydrogen (secondary N) is 1. The first-order chi connectivity index (χ1) is 20.3. The van der Waals surface area contributed by atoms with Crippen LogP contribution < -0.4 is 25.6 Å². The molecular weight excluding hydrogens is 540 g/mol. The van der Waals surface area contributed by atoms with Gasteiger partial charge in [-0.25, -0.2) is 4.79 Å². The predicted molar refractivity (Wildman–Crippen MR) is 159 cm³/mol. The highest BCUT2D eigenvalue weighted by molar-refractivity contribution is 5.82. The molecule has 12 nitrogen and oxygen atoms in total. The molecule has 0 unspecified atom stereocenters. The summed E-state index contributed by atoms with van der Waals surface area (Å²) in [6.07, 6.45) is 2.02. The van der Waals surface area contributed by atoms with Crippen LogP contribution in [0.25, 0.3) is 11.2 Å². The number of nitrogens with two attached hydrogens (primary N) is 1. The van der Waals surface area contributed by atoms with E-state index in [1.807, 2.05) is 37.4 Å². The smallest absolute Gasteiger partial charge is 0.328 e. The summed E-state index contributed by atoms with van der Waals surface area (Å²) < 4.78 is 23.3. The van der Waals surface area contributed by atoms with Gasteiger partial charge < -0.3 is 29.7 Å². The number of likely N-dealkylation sites (N-methyl/N-ethyl adjacent to an activating group) is 1. The van der Waals surface area contributed by atoms with Crippen molar-refractivity contribution < 1.29 is 23.7 Å². The van der Waals surface area contributed by atoms with E-state index in [2.05, 4.69) is 26.8 Å². The van der Waals surface area contributed by atoms with E-state index in [-0.39, 0.29) is 29.9 Å². The lowest BCUT2D eigenvalue weighted by Crippen LogP contribution is -2.24. The van der Waals surface area contributed by atoms with Crippen molar-refractivity contribution in [1.29, 1.82) is 0 Å². The van der Waals surface area contributed by atoms with Crippen molar-refractivity contribution in [3.05, 3.63) is 69.6 Å². The molecule has 3 N–H and O–H groups in total. The molecule has 2 aromatic carbocycles. The third kappa shape index (κ3) is 7.78. The third-order valence-electron chi connectivity index (χ3n) is 6.71. The summed E-state index contributed by atoms with van der Waals surface area (Å²) in [6.45, 7) is 4.68. The van der Waals surface area contributed by atoms with Crippen LogP contribution in [-0.2, 0) is 29.0 Å². The Morgan fingerprint density at radius 2 is 1.74 bits per heavy atom. The van der Waals surface area contributed by atoms with Crippen molar-refractivity contribution in [2.45, 2.75) is 39.3 Å². The van der Waals surface area contributed by atoms with Gasteiger partial charge in [-0.2, -0.15) is 9.97 Å². The van der Waals surface area contributed by atoms with Crippen LogP contribution >= 0.6 is 0 Å². The Morgan fingerprint density at radius 3 is 2.45 bits per heavy atom. The van der Waals surface area contributed by atoms with Crippen molar-refractivity contribution in [1.82, 2.24) is 24.4 Å². The number of rotatable bonds is 15. The van der Waals surface area contributed by atoms with Crippen LogP contribution in [0.4, 0.5) is 5.82 Å². The molecule has 42 heavy (non-hydrogen) atoms. The first-order valence-electron chi connectivity index (χ1n) is 13.8. The lowest BCUT2D eigenvalue weighted by Gasteiger charge is -2.18. The summed E-state index contributed by atoms with van der Waals surface area (Å²) in [5.41, 5.74) is 9.41. The van der Waals surface area contributed by atoms with E-state index in [4.69, 9.17) is 24.7 Å². The summed E-state index contributed by atoms with van der Waals surface area (Å²) in [4.78, 5) is 37.8. The fraction of sp³-hybridized carbons (Fsp3) is 0.400. The highest BCUT2D eigenvalue weighted by Gasteiger charge is 2.15. The minimum Gasteiger partial charge on any atom is -0.493 e. The molecule has 0 aliphatic rings. The topological polar surface area (TPSA) is 147 Å². The van der Waals surface area contributed by atoms with E-state index in [1.165, 1.54) is 11.7 Å². The summed E-state index contributed by atoms with van der Waals surface area (Å²) in [6, 6.07) is 13.6. The minimum absolute atomic E-state index is 0.163. The van der Waals surface area contributed by atoms with E-state index >= 15 is 0 Å². The van der Waals surface area contributed by atoms with E-state index in [1.54, 1.807) is 19.2 Å². The molecule has 4 rings (SSSR count). The van der Waals surface area contributed by atoms with Crippen LogP contribution in [0.15, 0.2) is 47.3 Å². The zero-order chi connectivity index (χ0) is 30.1. The average Bonchev–Trinajstić information content (AvgIpc) is 3.29. The summed E-state index contributed by atoms with van der Waals surface area (Å²) in [5.74, 6) is 1.05. The standard InChI is InChI=1S/C30H38N6O6/c1-5-6-14-42-29-33-27(31)26-28(34-29)36(30(38)32-26)19-21-9-7-20(8-10-21)18-35(2)13-15-41-24-16-22(17-25(37)40-4)11-12-23(24)39-3/h7-12,16H,5-6,13-15,17-19H2,1-4H3,(H,32,38)(H2,31,33,34). The predicted octanol–water partition coefficient (Wildman–Crippen LogP) is 3.16. The average molecular weight is 579 g/mol. The number of carbonyl (C=O) groups excluding carboxylic acids is 1. The Hall–Kier alpha value is -4.58. The Bertz CT molecular complexity index is 1550. The number of esters is 1. The zero-order valence-corrected chi connectivity index (χ0v) is 24.5. The van der Waals surface area contributed by atoms with Gasteiger partial charge in [-0.3, -0.25) is 14.3 Å². The number of nitrogens with zero attached hydrogens (tertiary/aromatic N) is 4. The van der Waals surface area contributed by atoms with Crippen molar-refractivity contribution in [2.24, 2.45) is 0 Å². The van der Waals surface area contributed by atoms with Crippen LogP contribution in [0.1, 0.15) is 36.5 Å². The van der Waals surface area contributed by atoms with E-state index < -0.39 is 0 Å². The number of benzene rings is 2. The molecule has 0 aliphatic carbocycles. The zero-order valence-electron chi connectivity index (χ0n) is 24.5. The van der Waals surface area contributed by atoms with Crippen LogP contribution in [0.5, 0.6) is 17.5 Å². The van der Waals surface area contributed by atoms with Gasteiger partial charge in [0.15, 0.2) is 23.0 Å². The minimum atomic E-state index is -0.314. The van der Waals surface area contributed by atoms with Crippen molar-refractivity contribution >= 4 is 23.0 Å². The van der Waals surface area contributed by atoms with Gasteiger partial charge in [0.2, 0.25) is 0 Å². The first-order valence-corrected chi connectivity index (χ1v) is 13.8. The number of unbranched alkanes of at least 4 members (excludes halogenated alkanes) is 1. The highest BCUT2D eigenvalue weighted by Crippen LogP contribution is 2.28. The number of carbonyl (C=O) groups is 1. The van der Waals surface area contributed by atoms with Gasteiger partial charge in [-0.1, -0.05) is 43.7 Å². The number of H-pyrrole nitrogens is 1. The SMILES string of the molecule is CCCCOc1nc(N)c2[nH]c(=O)n(Cc3ccc(CN(C)CCOc4cc(CC(=O)OC)ccc4OC)cc3)c2n1. The molecule has 0 radical (unpaired) electrons. The molecular formula is C30H38N6O6. The number of anilines is 1. The summed E-state index contributed by atoms with van der Waals surface area (Å²) >= 11 is 0. The number of aromatic nitrogens is 4. The van der Waals surface area contributed by atoms with Gasteiger partial charge in [-0.05, 0) is 42.3 Å². The molecule has 2 heterocycles. The first kappa shape index (κ1) is 30.4. The molecule has 2 aromatic heterocycles. The molecule has 0 saturated heterocycles. The monoisotopic (exact) mass is 578 g/mol. The van der Waals surface area contributed by atoms with Gasteiger partial charge in [0.1, 0.15) is 12.1 Å². The molecule has 0 spiro atoms. The fourth-order valence-corrected chi connectivity index (χ4v) is 4.37. The third-order valence-corrected chi connectivity index (χ3v) is 6.71. The molecule has 224 valence electrons. The van der Waals surface area contributed by atoms with Crippen LogP contribution in [0, 0.1) is 0 Å². The molecule has 0 fully saturated rings. The van der Waals surface area contributed by atoms with E-state index in [9.17, 15) is 9.59 Å². The van der Waals surface area contributed by atoms with Crippen LogP contribution in [0.2, 0.25) is 0 Å². The number of ether oxygens (including phenoxy) is 4. The molecule has 0 aliphatic heterocycles. The second kappa shape index (κ2) is 14.4. The maximum Gasteiger partial charge on any atom is 0.328 e. The Kier molecular flexibility index (Phi) is 10.4. The summed E-state index contributed by atoms with van der Waals surface area (Å²) in [7, 11) is 4.96. The molecule has 4 aromatic rings. The van der Waals surface area contributed by atoms with Gasteiger partial charge >= 0.3 is 17.7 Å². The Balaban J connectivity index is 1.34. The number of imidazole rings is 1. The fourth-order valence-electron chi connectivity index (χ4n) is 4.37. The quantitative estimate of drug-likeness (QED) is 0.159. The lowest BCUT2D eigenvalue weighted by molar-refractivity contribution is -0.139. The maximum atomic E-state index is 12.7. The molecule has 0 saturated carbocycles. The van der Waals surface area contributed by atoms with Crippen LogP contribution in [0.3, 0.4) is 0 Å². The number of nitrogen functional groups attached to an aromatic ring is 1. The molecule has 0 atom stereocenters. The largest absolute Gasteiger partial charge is 0.493 e. The number of fused-ring (bicyclic) bond motifs is 1.